The van der Waals surface area contributed by atoms with Gasteiger partial charge < -0.3 is 4.90 Å². The van der Waals surface area contributed by atoms with Crippen LogP contribution in [-0.2, 0) is 4.79 Å². The van der Waals surface area contributed by atoms with E-state index in [0.29, 0.717) is 11.7 Å². The maximum Gasteiger partial charge on any atom is 0.136 e. The van der Waals surface area contributed by atoms with Crippen molar-refractivity contribution in [1.29, 1.82) is 0 Å². The summed E-state index contributed by atoms with van der Waals surface area (Å²) in [6, 6.07) is 10.5. The van der Waals surface area contributed by atoms with Crippen LogP contribution in [0.1, 0.15) is 37.2 Å². The van der Waals surface area contributed by atoms with E-state index >= 15 is 0 Å². The molecule has 1 aliphatic carbocycles. The number of hydrogen-bond donors (Lipinski definition) is 0. The molecule has 0 spiro atoms. The first-order chi connectivity index (χ1) is 8.68. The van der Waals surface area contributed by atoms with Crippen LogP contribution in [0.5, 0.6) is 0 Å². The van der Waals surface area contributed by atoms with E-state index in [1.807, 2.05) is 6.07 Å². The maximum absolute atomic E-state index is 12.2. The summed E-state index contributed by atoms with van der Waals surface area (Å²) in [6.45, 7) is 0.959. The van der Waals surface area contributed by atoms with Crippen LogP contribution in [0.25, 0.3) is 0 Å². The first-order valence-corrected chi connectivity index (χ1v) is 6.91. The van der Waals surface area contributed by atoms with Crippen molar-refractivity contribution in [3.8, 4) is 0 Å². The Morgan fingerprint density at radius 2 is 1.94 bits per heavy atom. The van der Waals surface area contributed by atoms with Gasteiger partial charge in [-0.15, -0.1) is 0 Å². The van der Waals surface area contributed by atoms with Gasteiger partial charge in [0.2, 0.25) is 0 Å². The molecular weight excluding hydrogens is 222 g/mol. The van der Waals surface area contributed by atoms with Crippen molar-refractivity contribution < 1.29 is 4.79 Å². The van der Waals surface area contributed by atoms with Crippen LogP contribution in [0.2, 0.25) is 0 Å². The molecule has 0 amide bonds. The van der Waals surface area contributed by atoms with Crippen molar-refractivity contribution in [1.82, 2.24) is 4.90 Å². The molecule has 2 rings (SSSR count). The zero-order chi connectivity index (χ0) is 13.0. The lowest BCUT2D eigenvalue weighted by molar-refractivity contribution is -0.125. The fourth-order valence-electron chi connectivity index (χ4n) is 2.99. The van der Waals surface area contributed by atoms with Gasteiger partial charge in [0.25, 0.3) is 0 Å². The maximum atomic E-state index is 12.2. The summed E-state index contributed by atoms with van der Waals surface area (Å²) in [5.74, 6) is 1.05. The molecule has 1 fully saturated rings. The minimum atomic E-state index is 0.226. The largest absolute Gasteiger partial charge is 0.309 e. The molecule has 2 atom stereocenters. The topological polar surface area (TPSA) is 20.3 Å². The molecular formula is C16H23NO. The van der Waals surface area contributed by atoms with Crippen molar-refractivity contribution >= 4 is 5.78 Å². The van der Waals surface area contributed by atoms with Crippen LogP contribution in [-0.4, -0.2) is 31.3 Å². The van der Waals surface area contributed by atoms with E-state index in [1.54, 1.807) is 0 Å². The molecule has 1 unspecified atom stereocenters. The smallest absolute Gasteiger partial charge is 0.136 e. The van der Waals surface area contributed by atoms with Crippen LogP contribution in [0, 0.1) is 5.92 Å². The molecule has 0 aliphatic heterocycles. The number of rotatable bonds is 4. The Morgan fingerprint density at radius 3 is 2.56 bits per heavy atom. The molecule has 1 aromatic carbocycles. The summed E-state index contributed by atoms with van der Waals surface area (Å²) in [5, 5.41) is 0. The van der Waals surface area contributed by atoms with Crippen LogP contribution < -0.4 is 0 Å². The Hall–Kier alpha value is -1.15. The number of benzene rings is 1. The number of Topliss-reactive ketones (excluding diaryl/α,β-unsaturated/α-hetero) is 1. The Bertz CT molecular complexity index is 385. The minimum absolute atomic E-state index is 0.226. The molecule has 1 aliphatic rings. The highest BCUT2D eigenvalue weighted by Crippen LogP contribution is 2.34. The molecule has 0 radical (unpaired) electrons. The molecule has 2 heteroatoms. The number of hydrogen-bond acceptors (Lipinski definition) is 2. The highest BCUT2D eigenvalue weighted by atomic mass is 16.1. The quantitative estimate of drug-likeness (QED) is 0.812. The van der Waals surface area contributed by atoms with E-state index < -0.39 is 0 Å². The van der Waals surface area contributed by atoms with Crippen molar-refractivity contribution in [2.24, 2.45) is 5.92 Å². The molecule has 0 bridgehead atoms. The van der Waals surface area contributed by atoms with Gasteiger partial charge in [-0.3, -0.25) is 4.79 Å². The third-order valence-corrected chi connectivity index (χ3v) is 3.88. The molecule has 98 valence electrons. The SMILES string of the molecule is CN(C)CC(c1ccccc1)[C@H]1CCCCC1=O. The molecule has 1 aromatic rings. The highest BCUT2D eigenvalue weighted by Gasteiger charge is 2.31. The minimum Gasteiger partial charge on any atom is -0.309 e. The summed E-state index contributed by atoms with van der Waals surface area (Å²) in [6.07, 6.45) is 4.12. The second-order valence-electron chi connectivity index (χ2n) is 5.60. The molecule has 0 aromatic heterocycles. The number of carbonyl (C=O) groups is 1. The lowest BCUT2D eigenvalue weighted by atomic mass is 9.76. The lowest BCUT2D eigenvalue weighted by Gasteiger charge is -2.31. The van der Waals surface area contributed by atoms with Crippen molar-refractivity contribution in [2.75, 3.05) is 20.6 Å². The molecule has 0 heterocycles. The Kier molecular flexibility index (Phi) is 4.54. The van der Waals surface area contributed by atoms with Crippen LogP contribution in [0.4, 0.5) is 0 Å². The van der Waals surface area contributed by atoms with Crippen LogP contribution >= 0.6 is 0 Å². The van der Waals surface area contributed by atoms with Gasteiger partial charge in [-0.2, -0.15) is 0 Å². The zero-order valence-corrected chi connectivity index (χ0v) is 11.4. The fraction of sp³-hybridized carbons (Fsp3) is 0.562. The predicted octanol–water partition coefficient (Wildman–Crippen LogP) is 3.09. The van der Waals surface area contributed by atoms with Gasteiger partial charge in [0.15, 0.2) is 0 Å². The van der Waals surface area contributed by atoms with E-state index in [4.69, 9.17) is 0 Å². The summed E-state index contributed by atoms with van der Waals surface area (Å²) in [5.41, 5.74) is 1.31. The summed E-state index contributed by atoms with van der Waals surface area (Å²) < 4.78 is 0. The summed E-state index contributed by atoms with van der Waals surface area (Å²) in [4.78, 5) is 14.4. The first-order valence-electron chi connectivity index (χ1n) is 6.91. The zero-order valence-electron chi connectivity index (χ0n) is 11.4. The monoisotopic (exact) mass is 245 g/mol. The van der Waals surface area contributed by atoms with E-state index in [2.05, 4.69) is 43.3 Å². The van der Waals surface area contributed by atoms with Gasteiger partial charge in [-0.25, -0.2) is 0 Å². The number of nitrogens with zero attached hydrogens (tertiary/aromatic N) is 1. The third kappa shape index (κ3) is 3.20. The van der Waals surface area contributed by atoms with Crippen molar-refractivity contribution in [2.45, 2.75) is 31.6 Å². The Balaban J connectivity index is 2.21. The molecule has 2 nitrogen and oxygen atoms in total. The standard InChI is InChI=1S/C16H23NO/c1-17(2)12-15(13-8-4-3-5-9-13)14-10-6-7-11-16(14)18/h3-5,8-9,14-15H,6-7,10-12H2,1-2H3/t14-,15?/m1/s1. The predicted molar refractivity (Wildman–Crippen MR) is 74.7 cm³/mol. The Morgan fingerprint density at radius 1 is 1.22 bits per heavy atom. The summed E-state index contributed by atoms with van der Waals surface area (Å²) in [7, 11) is 4.17. The number of carbonyl (C=O) groups excluding carboxylic acids is 1. The van der Waals surface area contributed by atoms with Gasteiger partial charge in [-0.1, -0.05) is 36.8 Å². The first kappa shape index (κ1) is 13.3. The second kappa shape index (κ2) is 6.14. The lowest BCUT2D eigenvalue weighted by Crippen LogP contribution is -2.32. The van der Waals surface area contributed by atoms with Crippen LogP contribution in [0.15, 0.2) is 30.3 Å². The molecule has 0 saturated heterocycles. The third-order valence-electron chi connectivity index (χ3n) is 3.88. The van der Waals surface area contributed by atoms with E-state index in [-0.39, 0.29) is 5.92 Å². The van der Waals surface area contributed by atoms with Gasteiger partial charge in [0.1, 0.15) is 5.78 Å². The van der Waals surface area contributed by atoms with Crippen LogP contribution in [0.3, 0.4) is 0 Å². The van der Waals surface area contributed by atoms with E-state index in [1.165, 1.54) is 12.0 Å². The number of ketones is 1. The van der Waals surface area contributed by atoms with Gasteiger partial charge in [0.05, 0.1) is 0 Å². The van der Waals surface area contributed by atoms with Gasteiger partial charge in [0, 0.05) is 24.8 Å². The van der Waals surface area contributed by atoms with Gasteiger partial charge >= 0.3 is 0 Å². The number of likely N-dealkylation sites (N-methyl/N-ethyl adjacent to an activating group) is 1. The van der Waals surface area contributed by atoms with Gasteiger partial charge in [-0.05, 0) is 32.5 Å². The average Bonchev–Trinajstić information content (AvgIpc) is 2.38. The second-order valence-corrected chi connectivity index (χ2v) is 5.60. The summed E-state index contributed by atoms with van der Waals surface area (Å²) >= 11 is 0. The molecule has 0 N–H and O–H groups in total. The van der Waals surface area contributed by atoms with Crippen molar-refractivity contribution in [3.63, 3.8) is 0 Å². The van der Waals surface area contributed by atoms with E-state index in [0.717, 1.165) is 25.8 Å². The van der Waals surface area contributed by atoms with Crippen molar-refractivity contribution in [3.05, 3.63) is 35.9 Å². The highest BCUT2D eigenvalue weighted by molar-refractivity contribution is 5.82. The normalized spacial score (nSPS) is 22.2. The molecule has 1 saturated carbocycles. The average molecular weight is 245 g/mol. The van der Waals surface area contributed by atoms with E-state index in [9.17, 15) is 4.79 Å². The fourth-order valence-corrected chi connectivity index (χ4v) is 2.99. The molecule has 18 heavy (non-hydrogen) atoms. The Labute approximate surface area is 110 Å².